The number of aromatic amines is 2. The minimum Gasteiger partial charge on any atom is -0.359 e. The second kappa shape index (κ2) is 4.83. The summed E-state index contributed by atoms with van der Waals surface area (Å²) in [6, 6.07) is 6.27. The third kappa shape index (κ3) is 1.98. The number of carbonyl (C=O) groups excluding carboxylic acids is 1. The molecule has 3 fully saturated rings. The Bertz CT molecular complexity index is 887. The van der Waals surface area contributed by atoms with Crippen molar-refractivity contribution in [3.05, 3.63) is 30.1 Å². The van der Waals surface area contributed by atoms with Crippen molar-refractivity contribution in [1.29, 1.82) is 0 Å². The van der Waals surface area contributed by atoms with E-state index in [2.05, 4.69) is 25.4 Å². The lowest BCUT2D eigenvalue weighted by Gasteiger charge is -2.44. The van der Waals surface area contributed by atoms with Crippen molar-refractivity contribution in [1.82, 2.24) is 25.4 Å². The summed E-state index contributed by atoms with van der Waals surface area (Å²) in [5.74, 6) is 0.546. The van der Waals surface area contributed by atoms with E-state index in [4.69, 9.17) is 0 Å². The van der Waals surface area contributed by atoms with Crippen LogP contribution in [0, 0.1) is 5.92 Å². The first kappa shape index (κ1) is 13.1. The van der Waals surface area contributed by atoms with Gasteiger partial charge in [-0.1, -0.05) is 6.07 Å². The summed E-state index contributed by atoms with van der Waals surface area (Å²) in [6.45, 7) is 3.32. The van der Waals surface area contributed by atoms with E-state index in [1.54, 1.807) is 0 Å². The summed E-state index contributed by atoms with van der Waals surface area (Å²) >= 11 is 0. The number of rotatable bonds is 2. The van der Waals surface area contributed by atoms with E-state index in [0.29, 0.717) is 11.6 Å². The summed E-state index contributed by atoms with van der Waals surface area (Å²) in [4.78, 5) is 18.4. The maximum absolute atomic E-state index is 12.7. The highest BCUT2D eigenvalue weighted by Crippen LogP contribution is 2.28. The number of amides is 1. The van der Waals surface area contributed by atoms with Crippen molar-refractivity contribution in [3.8, 4) is 0 Å². The fraction of sp³-hybridized carbons (Fsp3) is 0.412. The Morgan fingerprint density at radius 3 is 2.87 bits per heavy atom. The Morgan fingerprint density at radius 2 is 2.09 bits per heavy atom. The molecule has 118 valence electrons. The van der Waals surface area contributed by atoms with Crippen LogP contribution in [0.5, 0.6) is 0 Å². The van der Waals surface area contributed by atoms with Gasteiger partial charge in [-0.3, -0.25) is 9.89 Å². The molecule has 3 saturated heterocycles. The summed E-state index contributed by atoms with van der Waals surface area (Å²) in [5.41, 5.74) is 2.39. The van der Waals surface area contributed by atoms with E-state index in [1.165, 1.54) is 25.9 Å². The first-order valence-electron chi connectivity index (χ1n) is 8.27. The molecule has 6 rings (SSSR count). The van der Waals surface area contributed by atoms with Gasteiger partial charge in [-0.15, -0.1) is 0 Å². The first-order valence-corrected chi connectivity index (χ1v) is 8.27. The minimum atomic E-state index is -0.0686. The number of nitrogens with zero attached hydrogens (tertiary/aromatic N) is 2. The monoisotopic (exact) mass is 309 g/mol. The molecule has 3 aliphatic rings. The summed E-state index contributed by atoms with van der Waals surface area (Å²) in [6.07, 6.45) is 4.28. The summed E-state index contributed by atoms with van der Waals surface area (Å²) in [5, 5.41) is 12.5. The maximum atomic E-state index is 12.7. The number of aromatic nitrogens is 3. The Morgan fingerprint density at radius 1 is 1.22 bits per heavy atom. The molecule has 6 heteroatoms. The van der Waals surface area contributed by atoms with Gasteiger partial charge in [0, 0.05) is 29.6 Å². The predicted octanol–water partition coefficient (Wildman–Crippen LogP) is 1.87. The molecule has 1 unspecified atom stereocenters. The number of hydrogen-bond donors (Lipinski definition) is 3. The number of benzene rings is 1. The first-order chi connectivity index (χ1) is 11.3. The van der Waals surface area contributed by atoms with Crippen LogP contribution in [0.1, 0.15) is 23.3 Å². The van der Waals surface area contributed by atoms with Gasteiger partial charge < -0.3 is 15.2 Å². The highest BCUT2D eigenvalue weighted by molar-refractivity contribution is 6.11. The fourth-order valence-corrected chi connectivity index (χ4v) is 4.15. The van der Waals surface area contributed by atoms with Gasteiger partial charge in [0.15, 0.2) is 5.69 Å². The van der Waals surface area contributed by atoms with Crippen LogP contribution in [-0.2, 0) is 0 Å². The van der Waals surface area contributed by atoms with Gasteiger partial charge in [0.1, 0.15) is 0 Å². The Labute approximate surface area is 133 Å². The number of fused-ring (bicyclic) bond motifs is 6. The highest BCUT2D eigenvalue weighted by atomic mass is 16.2. The van der Waals surface area contributed by atoms with Gasteiger partial charge in [0.25, 0.3) is 5.91 Å². The van der Waals surface area contributed by atoms with Crippen molar-refractivity contribution in [2.24, 2.45) is 5.92 Å². The third-order valence-electron chi connectivity index (χ3n) is 5.45. The largest absolute Gasteiger partial charge is 0.359 e. The van der Waals surface area contributed by atoms with Crippen molar-refractivity contribution in [2.75, 3.05) is 19.6 Å². The van der Waals surface area contributed by atoms with Crippen LogP contribution < -0.4 is 5.32 Å². The minimum absolute atomic E-state index is 0.0686. The van der Waals surface area contributed by atoms with E-state index in [0.717, 1.165) is 28.4 Å². The van der Waals surface area contributed by atoms with Gasteiger partial charge in [0.05, 0.1) is 11.0 Å². The molecule has 3 aliphatic heterocycles. The highest BCUT2D eigenvalue weighted by Gasteiger charge is 2.35. The molecular formula is C17H19N5O. The molecule has 1 atom stereocenters. The molecule has 3 N–H and O–H groups in total. The zero-order valence-corrected chi connectivity index (χ0v) is 12.8. The van der Waals surface area contributed by atoms with Crippen LogP contribution in [0.4, 0.5) is 0 Å². The van der Waals surface area contributed by atoms with E-state index < -0.39 is 0 Å². The van der Waals surface area contributed by atoms with E-state index >= 15 is 0 Å². The smallest absolute Gasteiger partial charge is 0.272 e. The van der Waals surface area contributed by atoms with Crippen LogP contribution in [-0.4, -0.2) is 51.7 Å². The van der Waals surface area contributed by atoms with Gasteiger partial charge >= 0.3 is 0 Å². The molecule has 5 heterocycles. The number of nitrogens with one attached hydrogen (secondary N) is 3. The van der Waals surface area contributed by atoms with E-state index in [-0.39, 0.29) is 11.9 Å². The normalized spacial score (nSPS) is 26.9. The fourth-order valence-electron chi connectivity index (χ4n) is 4.15. The van der Waals surface area contributed by atoms with Crippen LogP contribution in [0.25, 0.3) is 21.8 Å². The SMILES string of the molecule is O=C(NC1CN2CCC1CC2)c1n[nH]c2c1ccc1cc[nH]c12. The number of hydrogen-bond acceptors (Lipinski definition) is 3. The lowest BCUT2D eigenvalue weighted by molar-refractivity contribution is 0.0618. The molecule has 0 radical (unpaired) electrons. The number of H-pyrrole nitrogens is 2. The number of carbonyl (C=O) groups is 1. The van der Waals surface area contributed by atoms with Gasteiger partial charge in [0.2, 0.25) is 0 Å². The Balaban J connectivity index is 1.47. The Hall–Kier alpha value is -2.34. The molecular weight excluding hydrogens is 290 g/mol. The quantitative estimate of drug-likeness (QED) is 0.676. The molecule has 23 heavy (non-hydrogen) atoms. The van der Waals surface area contributed by atoms with E-state index in [1.807, 2.05) is 24.4 Å². The zero-order valence-electron chi connectivity index (χ0n) is 12.8. The molecule has 0 spiro atoms. The standard InChI is InChI=1S/C17H19N5O/c23-17(19-13-9-22-7-4-10(13)5-8-22)16-12-2-1-11-3-6-18-14(11)15(12)20-21-16/h1-3,6,10,13,18H,4-5,7-9H2,(H,19,23)(H,20,21). The molecule has 1 aromatic carbocycles. The topological polar surface area (TPSA) is 76.8 Å². The second-order valence-corrected chi connectivity index (χ2v) is 6.72. The van der Waals surface area contributed by atoms with Crippen molar-refractivity contribution in [2.45, 2.75) is 18.9 Å². The average molecular weight is 309 g/mol. The lowest BCUT2D eigenvalue weighted by Crippen LogP contribution is -2.57. The maximum Gasteiger partial charge on any atom is 0.272 e. The summed E-state index contributed by atoms with van der Waals surface area (Å²) in [7, 11) is 0. The molecule has 2 bridgehead atoms. The van der Waals surface area contributed by atoms with Crippen LogP contribution in [0.15, 0.2) is 24.4 Å². The van der Waals surface area contributed by atoms with Crippen LogP contribution in [0.3, 0.4) is 0 Å². The molecule has 2 aromatic heterocycles. The number of piperidine rings is 3. The van der Waals surface area contributed by atoms with Crippen molar-refractivity contribution >= 4 is 27.7 Å². The van der Waals surface area contributed by atoms with Crippen molar-refractivity contribution < 1.29 is 4.79 Å². The third-order valence-corrected chi connectivity index (χ3v) is 5.45. The average Bonchev–Trinajstić information content (AvgIpc) is 3.22. The zero-order chi connectivity index (χ0) is 15.4. The molecule has 1 amide bonds. The Kier molecular flexibility index (Phi) is 2.76. The molecule has 6 nitrogen and oxygen atoms in total. The lowest BCUT2D eigenvalue weighted by atomic mass is 9.84. The van der Waals surface area contributed by atoms with Crippen molar-refractivity contribution in [3.63, 3.8) is 0 Å². The summed E-state index contributed by atoms with van der Waals surface area (Å²) < 4.78 is 0. The molecule has 3 aromatic rings. The van der Waals surface area contributed by atoms with Crippen LogP contribution >= 0.6 is 0 Å². The van der Waals surface area contributed by atoms with E-state index in [9.17, 15) is 4.79 Å². The van der Waals surface area contributed by atoms with Gasteiger partial charge in [-0.2, -0.15) is 5.10 Å². The van der Waals surface area contributed by atoms with Gasteiger partial charge in [-0.25, -0.2) is 0 Å². The second-order valence-electron chi connectivity index (χ2n) is 6.72. The van der Waals surface area contributed by atoms with Crippen LogP contribution in [0.2, 0.25) is 0 Å². The van der Waals surface area contributed by atoms with Gasteiger partial charge in [-0.05, 0) is 44.0 Å². The molecule has 0 saturated carbocycles. The predicted molar refractivity (Wildman–Crippen MR) is 88.4 cm³/mol. The molecule has 0 aliphatic carbocycles.